The molecule has 1 unspecified atom stereocenters. The number of aromatic nitrogens is 1. The van der Waals surface area contributed by atoms with Gasteiger partial charge in [0.05, 0.1) is 16.5 Å². The molecule has 2 rings (SSSR count). The van der Waals surface area contributed by atoms with Gasteiger partial charge in [-0.15, -0.1) is 11.3 Å². The normalized spacial score (nSPS) is 12.1. The second-order valence-corrected chi connectivity index (χ2v) is 4.95. The zero-order chi connectivity index (χ0) is 13.1. The Bertz CT molecular complexity index is 554. The summed E-state index contributed by atoms with van der Waals surface area (Å²) in [4.78, 5) is 15.5. The first kappa shape index (κ1) is 12.5. The average molecular weight is 263 g/mol. The van der Waals surface area contributed by atoms with Crippen LogP contribution in [-0.4, -0.2) is 9.91 Å². The summed E-state index contributed by atoms with van der Waals surface area (Å²) in [6.07, 6.45) is 1.82. The Hall–Kier alpha value is -1.95. The molecule has 0 amide bonds. The SMILES string of the molecule is Cc1cc(NC(C)c2cncs2)ccc1[N+](=O)[O-]. The van der Waals surface area contributed by atoms with E-state index in [1.54, 1.807) is 35.9 Å². The molecule has 0 fully saturated rings. The van der Waals surface area contributed by atoms with Gasteiger partial charge in [0.2, 0.25) is 0 Å². The maximum Gasteiger partial charge on any atom is 0.272 e. The van der Waals surface area contributed by atoms with Gasteiger partial charge in [0.1, 0.15) is 0 Å². The Morgan fingerprint density at radius 1 is 1.50 bits per heavy atom. The fourth-order valence-corrected chi connectivity index (χ4v) is 2.34. The Morgan fingerprint density at radius 2 is 2.28 bits per heavy atom. The van der Waals surface area contributed by atoms with Gasteiger partial charge in [0.15, 0.2) is 0 Å². The number of hydrogen-bond donors (Lipinski definition) is 1. The number of aryl methyl sites for hydroxylation is 1. The molecule has 1 aromatic heterocycles. The summed E-state index contributed by atoms with van der Waals surface area (Å²) in [5, 5.41) is 14.0. The number of nitrogens with zero attached hydrogens (tertiary/aromatic N) is 2. The maximum atomic E-state index is 10.7. The lowest BCUT2D eigenvalue weighted by atomic mass is 10.1. The number of nitro groups is 1. The molecular weight excluding hydrogens is 250 g/mol. The summed E-state index contributed by atoms with van der Waals surface area (Å²) in [5.41, 5.74) is 3.46. The van der Waals surface area contributed by atoms with Gasteiger partial charge < -0.3 is 5.32 Å². The molecule has 0 aliphatic heterocycles. The van der Waals surface area contributed by atoms with E-state index >= 15 is 0 Å². The highest BCUT2D eigenvalue weighted by molar-refractivity contribution is 7.09. The first-order valence-electron chi connectivity index (χ1n) is 5.48. The first-order valence-corrected chi connectivity index (χ1v) is 6.36. The lowest BCUT2D eigenvalue weighted by molar-refractivity contribution is -0.385. The lowest BCUT2D eigenvalue weighted by Gasteiger charge is -2.13. The topological polar surface area (TPSA) is 68.1 Å². The molecule has 0 aliphatic carbocycles. The third kappa shape index (κ3) is 2.65. The van der Waals surface area contributed by atoms with Crippen LogP contribution in [0.15, 0.2) is 29.9 Å². The van der Waals surface area contributed by atoms with E-state index in [0.717, 1.165) is 10.6 Å². The van der Waals surface area contributed by atoms with E-state index in [-0.39, 0.29) is 16.7 Å². The summed E-state index contributed by atoms with van der Waals surface area (Å²) in [5.74, 6) is 0. The van der Waals surface area contributed by atoms with Crippen LogP contribution in [0, 0.1) is 17.0 Å². The van der Waals surface area contributed by atoms with E-state index in [2.05, 4.69) is 10.3 Å². The second-order valence-electron chi connectivity index (χ2n) is 4.03. The monoisotopic (exact) mass is 263 g/mol. The van der Waals surface area contributed by atoms with Crippen LogP contribution in [0.25, 0.3) is 0 Å². The van der Waals surface area contributed by atoms with Crippen LogP contribution in [-0.2, 0) is 0 Å². The molecule has 1 atom stereocenters. The van der Waals surface area contributed by atoms with Gasteiger partial charge in [0.25, 0.3) is 5.69 Å². The van der Waals surface area contributed by atoms with Gasteiger partial charge in [-0.1, -0.05) is 0 Å². The van der Waals surface area contributed by atoms with E-state index < -0.39 is 0 Å². The predicted octanol–water partition coefficient (Wildman–Crippen LogP) is 3.53. The van der Waals surface area contributed by atoms with Crippen molar-refractivity contribution >= 4 is 22.7 Å². The maximum absolute atomic E-state index is 10.7. The molecule has 5 nitrogen and oxygen atoms in total. The molecule has 94 valence electrons. The molecule has 0 bridgehead atoms. The molecule has 18 heavy (non-hydrogen) atoms. The molecule has 1 aromatic carbocycles. The number of thiazole rings is 1. The van der Waals surface area contributed by atoms with Crippen LogP contribution in [0.3, 0.4) is 0 Å². The number of nitrogens with one attached hydrogen (secondary N) is 1. The van der Waals surface area contributed by atoms with Crippen LogP contribution in [0.1, 0.15) is 23.4 Å². The first-order chi connectivity index (χ1) is 8.58. The summed E-state index contributed by atoms with van der Waals surface area (Å²) in [6.45, 7) is 3.77. The predicted molar refractivity (Wildman–Crippen MR) is 72.0 cm³/mol. The van der Waals surface area contributed by atoms with Crippen LogP contribution in [0.5, 0.6) is 0 Å². The Morgan fingerprint density at radius 3 is 2.83 bits per heavy atom. The van der Waals surface area contributed by atoms with Gasteiger partial charge in [-0.2, -0.15) is 0 Å². The molecular formula is C12H13N3O2S. The Labute approximate surface area is 109 Å². The Balaban J connectivity index is 2.15. The summed E-state index contributed by atoms with van der Waals surface area (Å²) in [6, 6.07) is 5.17. The fourth-order valence-electron chi connectivity index (χ4n) is 1.71. The van der Waals surface area contributed by atoms with Gasteiger partial charge >= 0.3 is 0 Å². The van der Waals surface area contributed by atoms with E-state index in [1.165, 1.54) is 6.07 Å². The number of rotatable bonds is 4. The smallest absolute Gasteiger partial charge is 0.272 e. The van der Waals surface area contributed by atoms with Crippen LogP contribution < -0.4 is 5.32 Å². The minimum Gasteiger partial charge on any atom is -0.378 e. The fraction of sp³-hybridized carbons (Fsp3) is 0.250. The van der Waals surface area contributed by atoms with Crippen molar-refractivity contribution in [2.75, 3.05) is 5.32 Å². The standard InChI is InChI=1S/C12H13N3O2S/c1-8-5-10(3-4-11(8)15(16)17)14-9(2)12-6-13-7-18-12/h3-7,9,14H,1-2H3. The highest BCUT2D eigenvalue weighted by Crippen LogP contribution is 2.26. The molecule has 2 aromatic rings. The molecule has 0 aliphatic rings. The molecule has 6 heteroatoms. The largest absolute Gasteiger partial charge is 0.378 e. The molecule has 1 N–H and O–H groups in total. The highest BCUT2D eigenvalue weighted by atomic mass is 32.1. The van der Waals surface area contributed by atoms with Crippen LogP contribution >= 0.6 is 11.3 Å². The molecule has 0 saturated carbocycles. The molecule has 0 spiro atoms. The number of hydrogen-bond acceptors (Lipinski definition) is 5. The average Bonchev–Trinajstić information content (AvgIpc) is 2.81. The highest BCUT2D eigenvalue weighted by Gasteiger charge is 2.12. The Kier molecular flexibility index (Phi) is 3.57. The van der Waals surface area contributed by atoms with Crippen molar-refractivity contribution in [2.24, 2.45) is 0 Å². The molecule has 0 radical (unpaired) electrons. The van der Waals surface area contributed by atoms with Crippen molar-refractivity contribution in [1.82, 2.24) is 4.98 Å². The van der Waals surface area contributed by atoms with Crippen molar-refractivity contribution in [3.05, 3.63) is 50.5 Å². The van der Waals surface area contributed by atoms with Gasteiger partial charge in [-0.25, -0.2) is 0 Å². The molecule has 1 heterocycles. The minimum absolute atomic E-state index is 0.137. The third-order valence-corrected chi connectivity index (χ3v) is 3.61. The summed E-state index contributed by atoms with van der Waals surface area (Å²) in [7, 11) is 0. The quantitative estimate of drug-likeness (QED) is 0.676. The van der Waals surface area contributed by atoms with Gasteiger partial charge in [-0.3, -0.25) is 15.1 Å². The van der Waals surface area contributed by atoms with E-state index in [1.807, 2.05) is 13.1 Å². The number of nitro benzene ring substituents is 1. The second kappa shape index (κ2) is 5.14. The van der Waals surface area contributed by atoms with Crippen molar-refractivity contribution in [3.8, 4) is 0 Å². The summed E-state index contributed by atoms with van der Waals surface area (Å²) >= 11 is 1.58. The minimum atomic E-state index is -0.369. The third-order valence-electron chi connectivity index (χ3n) is 2.65. The van der Waals surface area contributed by atoms with E-state index in [4.69, 9.17) is 0 Å². The van der Waals surface area contributed by atoms with Crippen LogP contribution in [0.2, 0.25) is 0 Å². The van der Waals surface area contributed by atoms with E-state index in [9.17, 15) is 10.1 Å². The van der Waals surface area contributed by atoms with E-state index in [0.29, 0.717) is 5.56 Å². The zero-order valence-electron chi connectivity index (χ0n) is 10.1. The number of benzene rings is 1. The van der Waals surface area contributed by atoms with Gasteiger partial charge in [0, 0.05) is 28.4 Å². The molecule has 0 saturated heterocycles. The number of anilines is 1. The van der Waals surface area contributed by atoms with Crippen molar-refractivity contribution < 1.29 is 4.92 Å². The summed E-state index contributed by atoms with van der Waals surface area (Å²) < 4.78 is 0. The van der Waals surface area contributed by atoms with Gasteiger partial charge in [-0.05, 0) is 26.0 Å². The van der Waals surface area contributed by atoms with Crippen molar-refractivity contribution in [3.63, 3.8) is 0 Å². The zero-order valence-corrected chi connectivity index (χ0v) is 10.9. The van der Waals surface area contributed by atoms with Crippen molar-refractivity contribution in [1.29, 1.82) is 0 Å². The van der Waals surface area contributed by atoms with Crippen LogP contribution in [0.4, 0.5) is 11.4 Å². The lowest BCUT2D eigenvalue weighted by Crippen LogP contribution is -2.05. The van der Waals surface area contributed by atoms with Crippen molar-refractivity contribution in [2.45, 2.75) is 19.9 Å².